The van der Waals surface area contributed by atoms with Crippen LogP contribution in [0.4, 0.5) is 5.69 Å². The van der Waals surface area contributed by atoms with Gasteiger partial charge in [0.1, 0.15) is 5.70 Å². The maximum atomic E-state index is 13.3. The van der Waals surface area contributed by atoms with Crippen LogP contribution in [0.25, 0.3) is 17.0 Å². The van der Waals surface area contributed by atoms with E-state index in [2.05, 4.69) is 47.2 Å². The lowest BCUT2D eigenvalue weighted by molar-refractivity contribution is -0.114. The van der Waals surface area contributed by atoms with Crippen LogP contribution in [0.5, 0.6) is 0 Å². The monoisotopic (exact) mass is 423 g/mol. The Labute approximate surface area is 186 Å². The predicted octanol–water partition coefficient (Wildman–Crippen LogP) is 5.29. The Morgan fingerprint density at radius 1 is 0.871 bits per heavy atom. The molecule has 152 valence electrons. The largest absolute Gasteiger partial charge is 0.342 e. The van der Waals surface area contributed by atoms with Crippen LogP contribution in [0.3, 0.4) is 0 Å². The first kappa shape index (κ1) is 19.3. The zero-order chi connectivity index (χ0) is 21.4. The lowest BCUT2D eigenvalue weighted by Crippen LogP contribution is -2.30. The van der Waals surface area contributed by atoms with Crippen molar-refractivity contribution in [3.8, 4) is 0 Å². The van der Waals surface area contributed by atoms with Gasteiger partial charge < -0.3 is 9.47 Å². The summed E-state index contributed by atoms with van der Waals surface area (Å²) in [6.45, 7) is 0.767. The summed E-state index contributed by atoms with van der Waals surface area (Å²) in [4.78, 5) is 16.7. The zero-order valence-electron chi connectivity index (χ0n) is 17.1. The van der Waals surface area contributed by atoms with Crippen molar-refractivity contribution < 1.29 is 4.79 Å². The molecule has 3 aromatic carbocycles. The summed E-state index contributed by atoms with van der Waals surface area (Å²) >= 11 is 5.59. The number of hydrogen-bond acceptors (Lipinski definition) is 2. The number of hydrogen-bond donors (Lipinski definition) is 0. The molecule has 1 amide bonds. The summed E-state index contributed by atoms with van der Waals surface area (Å²) in [5, 5.41) is 1.59. The third kappa shape index (κ3) is 3.43. The van der Waals surface area contributed by atoms with Crippen molar-refractivity contribution >= 4 is 45.9 Å². The average Bonchev–Trinajstić information content (AvgIpc) is 3.25. The molecule has 0 spiro atoms. The van der Waals surface area contributed by atoms with E-state index in [1.165, 1.54) is 5.56 Å². The van der Waals surface area contributed by atoms with Gasteiger partial charge in [-0.3, -0.25) is 9.69 Å². The number of likely N-dealkylation sites (N-methyl/N-ethyl adjacent to an activating group) is 1. The maximum Gasteiger partial charge on any atom is 0.281 e. The quantitative estimate of drug-likeness (QED) is 0.330. The van der Waals surface area contributed by atoms with Gasteiger partial charge in [0.15, 0.2) is 5.11 Å². The molecule has 0 bridgehead atoms. The van der Waals surface area contributed by atoms with Crippen LogP contribution in [-0.2, 0) is 11.3 Å². The normalized spacial score (nSPS) is 15.5. The fourth-order valence-corrected chi connectivity index (χ4v) is 4.30. The maximum absolute atomic E-state index is 13.3. The molecule has 5 rings (SSSR count). The number of para-hydroxylation sites is 2. The minimum absolute atomic E-state index is 0.112. The second-order valence-corrected chi connectivity index (χ2v) is 7.93. The average molecular weight is 424 g/mol. The molecule has 1 aliphatic heterocycles. The second kappa shape index (κ2) is 7.85. The van der Waals surface area contributed by atoms with Crippen molar-refractivity contribution in [1.29, 1.82) is 0 Å². The Morgan fingerprint density at radius 3 is 2.26 bits per heavy atom. The van der Waals surface area contributed by atoms with E-state index in [4.69, 9.17) is 12.2 Å². The van der Waals surface area contributed by atoms with Gasteiger partial charge in [0.05, 0.1) is 5.69 Å². The number of fused-ring (bicyclic) bond motifs is 1. The number of thiocarbonyl (C=S) groups is 1. The van der Waals surface area contributed by atoms with E-state index in [0.29, 0.717) is 10.8 Å². The Bertz CT molecular complexity index is 1310. The Hall–Kier alpha value is -3.70. The number of nitrogens with zero attached hydrogens (tertiary/aromatic N) is 3. The molecule has 2 heterocycles. The molecule has 0 unspecified atom stereocenters. The SMILES string of the molecule is CN1C(=S)N(c2ccccc2)C(=O)/C1=C/c1cn(Cc2ccccc2)c2ccccc12. The topological polar surface area (TPSA) is 28.5 Å². The highest BCUT2D eigenvalue weighted by atomic mass is 32.1. The standard InChI is InChI=1S/C26H21N3OS/c1-27-24(25(30)29(26(27)31)21-12-6-3-7-13-21)16-20-18-28(17-19-10-4-2-5-11-19)23-15-9-8-14-22(20)23/h2-16,18H,17H2,1H3/b24-16-. The number of benzene rings is 3. The highest BCUT2D eigenvalue weighted by Crippen LogP contribution is 2.30. The van der Waals surface area contributed by atoms with Crippen LogP contribution in [0.1, 0.15) is 11.1 Å². The van der Waals surface area contributed by atoms with Crippen LogP contribution in [0, 0.1) is 0 Å². The van der Waals surface area contributed by atoms with Gasteiger partial charge >= 0.3 is 0 Å². The number of carbonyl (C=O) groups is 1. The Morgan fingerprint density at radius 2 is 1.52 bits per heavy atom. The molecule has 31 heavy (non-hydrogen) atoms. The first-order valence-corrected chi connectivity index (χ1v) is 10.5. The number of anilines is 1. The van der Waals surface area contributed by atoms with Gasteiger partial charge in [-0.25, -0.2) is 0 Å². The van der Waals surface area contributed by atoms with E-state index in [1.807, 2.05) is 61.7 Å². The molecule has 0 saturated carbocycles. The number of carbonyl (C=O) groups excluding carboxylic acids is 1. The van der Waals surface area contributed by atoms with Gasteiger partial charge in [-0.15, -0.1) is 0 Å². The minimum Gasteiger partial charge on any atom is -0.342 e. The molecule has 5 heteroatoms. The van der Waals surface area contributed by atoms with Crippen LogP contribution >= 0.6 is 12.2 Å². The summed E-state index contributed by atoms with van der Waals surface area (Å²) in [6, 6.07) is 28.2. The molecule has 0 aliphatic carbocycles. The number of amides is 1. The van der Waals surface area contributed by atoms with Crippen LogP contribution < -0.4 is 4.90 Å². The third-order valence-electron chi connectivity index (χ3n) is 5.58. The Balaban J connectivity index is 1.57. The summed E-state index contributed by atoms with van der Waals surface area (Å²) < 4.78 is 2.23. The molecular formula is C26H21N3OS. The molecule has 4 nitrogen and oxygen atoms in total. The molecule has 0 radical (unpaired) electrons. The predicted molar refractivity (Wildman–Crippen MR) is 130 cm³/mol. The summed E-state index contributed by atoms with van der Waals surface area (Å²) in [6.07, 6.45) is 4.06. The van der Waals surface area contributed by atoms with Gasteiger partial charge in [0.2, 0.25) is 0 Å². The van der Waals surface area contributed by atoms with Crippen molar-refractivity contribution in [2.75, 3.05) is 11.9 Å². The number of aromatic nitrogens is 1. The molecule has 1 fully saturated rings. The van der Waals surface area contributed by atoms with E-state index in [9.17, 15) is 4.79 Å². The van der Waals surface area contributed by atoms with Crippen molar-refractivity contribution in [3.63, 3.8) is 0 Å². The first-order valence-electron chi connectivity index (χ1n) is 10.1. The second-order valence-electron chi connectivity index (χ2n) is 7.56. The smallest absolute Gasteiger partial charge is 0.281 e. The fourth-order valence-electron chi connectivity index (χ4n) is 4.01. The molecule has 1 aromatic heterocycles. The molecule has 0 N–H and O–H groups in total. The van der Waals surface area contributed by atoms with E-state index in [0.717, 1.165) is 28.7 Å². The van der Waals surface area contributed by atoms with Crippen molar-refractivity contribution in [2.24, 2.45) is 0 Å². The summed E-state index contributed by atoms with van der Waals surface area (Å²) in [5.74, 6) is -0.112. The molecule has 1 aliphatic rings. The van der Waals surface area contributed by atoms with Crippen LogP contribution in [0.2, 0.25) is 0 Å². The highest BCUT2D eigenvalue weighted by Gasteiger charge is 2.36. The highest BCUT2D eigenvalue weighted by molar-refractivity contribution is 7.80. The Kier molecular flexibility index (Phi) is 4.88. The van der Waals surface area contributed by atoms with Gasteiger partial charge in [-0.1, -0.05) is 66.7 Å². The van der Waals surface area contributed by atoms with Crippen molar-refractivity contribution in [2.45, 2.75) is 6.54 Å². The van der Waals surface area contributed by atoms with Crippen LogP contribution in [-0.4, -0.2) is 27.5 Å². The summed E-state index contributed by atoms with van der Waals surface area (Å²) in [7, 11) is 1.85. The molecule has 4 aromatic rings. The van der Waals surface area contributed by atoms with Gasteiger partial charge in [0, 0.05) is 36.3 Å². The molecule has 0 atom stereocenters. The fraction of sp³-hybridized carbons (Fsp3) is 0.0769. The van der Waals surface area contributed by atoms with Gasteiger partial charge in [-0.05, 0) is 42.1 Å². The minimum atomic E-state index is -0.112. The number of rotatable bonds is 4. The van der Waals surface area contributed by atoms with Crippen LogP contribution in [0.15, 0.2) is 96.8 Å². The molecule has 1 saturated heterocycles. The van der Waals surface area contributed by atoms with Crippen molar-refractivity contribution in [3.05, 3.63) is 108 Å². The van der Waals surface area contributed by atoms with Crippen molar-refractivity contribution in [1.82, 2.24) is 9.47 Å². The van der Waals surface area contributed by atoms with Gasteiger partial charge in [0.25, 0.3) is 5.91 Å². The van der Waals surface area contributed by atoms with E-state index in [-0.39, 0.29) is 5.91 Å². The van der Waals surface area contributed by atoms with E-state index >= 15 is 0 Å². The lowest BCUT2D eigenvalue weighted by atomic mass is 10.1. The third-order valence-corrected chi connectivity index (χ3v) is 6.04. The molecular weight excluding hydrogens is 402 g/mol. The van der Waals surface area contributed by atoms with E-state index < -0.39 is 0 Å². The summed E-state index contributed by atoms with van der Waals surface area (Å²) in [5.41, 5.74) is 4.71. The zero-order valence-corrected chi connectivity index (χ0v) is 17.9. The van der Waals surface area contributed by atoms with E-state index in [1.54, 1.807) is 9.80 Å². The van der Waals surface area contributed by atoms with Gasteiger partial charge in [-0.2, -0.15) is 0 Å². The first-order chi connectivity index (χ1) is 15.1. The lowest BCUT2D eigenvalue weighted by Gasteiger charge is -2.16.